The second kappa shape index (κ2) is 9.83. The van der Waals surface area contributed by atoms with Crippen molar-refractivity contribution in [2.75, 3.05) is 0 Å². The highest BCUT2D eigenvalue weighted by Gasteiger charge is 2.07. The van der Waals surface area contributed by atoms with Crippen LogP contribution in [0.15, 0.2) is 55.1 Å². The van der Waals surface area contributed by atoms with Crippen molar-refractivity contribution in [3.63, 3.8) is 0 Å². The van der Waals surface area contributed by atoms with Crippen LogP contribution in [0.2, 0.25) is 0 Å². The Bertz CT molecular complexity index is 625. The van der Waals surface area contributed by atoms with Gasteiger partial charge in [-0.25, -0.2) is 0 Å². The fraction of sp³-hybridized carbons (Fsp3) is 0.381. The van der Waals surface area contributed by atoms with Gasteiger partial charge < -0.3 is 4.74 Å². The summed E-state index contributed by atoms with van der Waals surface area (Å²) in [6.07, 6.45) is 10.5. The van der Waals surface area contributed by atoms with Gasteiger partial charge in [-0.15, -0.1) is 6.58 Å². The summed E-state index contributed by atoms with van der Waals surface area (Å²) in [5.41, 5.74) is 0. The average Bonchev–Trinajstić information content (AvgIpc) is 2.57. The van der Waals surface area contributed by atoms with Crippen LogP contribution in [-0.2, 0) is 4.79 Å². The Balaban J connectivity index is 1.69. The van der Waals surface area contributed by atoms with Gasteiger partial charge in [0.1, 0.15) is 5.75 Å². The van der Waals surface area contributed by atoms with Crippen LogP contribution in [0.3, 0.4) is 0 Å². The first-order chi connectivity index (χ1) is 11.3. The monoisotopic (exact) mass is 310 g/mol. The standard InChI is InChI=1S/C21H26O2/c1-2-3-4-5-6-7-8-9-17-21(22)23-20-16-12-14-18-13-10-11-15-19(18)20/h2,10-16H,1,3-9,17H2. The maximum atomic E-state index is 12.0. The van der Waals surface area contributed by atoms with Crippen molar-refractivity contribution >= 4 is 16.7 Å². The molecule has 2 heteroatoms. The summed E-state index contributed by atoms with van der Waals surface area (Å²) in [7, 11) is 0. The molecule has 0 spiro atoms. The van der Waals surface area contributed by atoms with Gasteiger partial charge in [0.05, 0.1) is 0 Å². The summed E-state index contributed by atoms with van der Waals surface area (Å²) in [6, 6.07) is 13.8. The number of unbranched alkanes of at least 4 members (excludes halogenated alkanes) is 6. The maximum absolute atomic E-state index is 12.0. The molecule has 0 unspecified atom stereocenters. The smallest absolute Gasteiger partial charge is 0.311 e. The van der Waals surface area contributed by atoms with E-state index in [0.29, 0.717) is 12.2 Å². The molecule has 0 fully saturated rings. The van der Waals surface area contributed by atoms with Gasteiger partial charge in [0.25, 0.3) is 0 Å². The van der Waals surface area contributed by atoms with Crippen LogP contribution in [0, 0.1) is 0 Å². The molecule has 23 heavy (non-hydrogen) atoms. The number of ether oxygens (including phenoxy) is 1. The number of allylic oxidation sites excluding steroid dienone is 1. The van der Waals surface area contributed by atoms with E-state index in [0.717, 1.165) is 30.0 Å². The van der Waals surface area contributed by atoms with Crippen molar-refractivity contribution in [1.29, 1.82) is 0 Å². The van der Waals surface area contributed by atoms with E-state index in [9.17, 15) is 4.79 Å². The first kappa shape index (κ1) is 17.3. The van der Waals surface area contributed by atoms with Gasteiger partial charge in [-0.3, -0.25) is 4.79 Å². The molecule has 2 aromatic rings. The SMILES string of the molecule is C=CCCCCCCCCC(=O)Oc1cccc2ccccc12. The van der Waals surface area contributed by atoms with E-state index in [1.165, 1.54) is 25.7 Å². The minimum Gasteiger partial charge on any atom is -0.426 e. The highest BCUT2D eigenvalue weighted by Crippen LogP contribution is 2.25. The van der Waals surface area contributed by atoms with E-state index in [1.54, 1.807) is 0 Å². The Labute approximate surface area is 139 Å². The van der Waals surface area contributed by atoms with Gasteiger partial charge in [-0.05, 0) is 30.7 Å². The summed E-state index contributed by atoms with van der Waals surface area (Å²) in [4.78, 5) is 12.0. The summed E-state index contributed by atoms with van der Waals surface area (Å²) in [6.45, 7) is 3.73. The Morgan fingerprint density at radius 2 is 1.61 bits per heavy atom. The van der Waals surface area contributed by atoms with Crippen LogP contribution >= 0.6 is 0 Å². The van der Waals surface area contributed by atoms with Crippen LogP contribution in [0.1, 0.15) is 51.4 Å². The lowest BCUT2D eigenvalue weighted by Gasteiger charge is -2.07. The molecular formula is C21H26O2. The van der Waals surface area contributed by atoms with Gasteiger partial charge >= 0.3 is 5.97 Å². The Hall–Kier alpha value is -2.09. The summed E-state index contributed by atoms with van der Waals surface area (Å²) >= 11 is 0. The zero-order valence-corrected chi connectivity index (χ0v) is 13.8. The molecule has 0 heterocycles. The fourth-order valence-electron chi connectivity index (χ4n) is 2.72. The van der Waals surface area contributed by atoms with Gasteiger partial charge in [0, 0.05) is 11.8 Å². The van der Waals surface area contributed by atoms with Crippen LogP contribution < -0.4 is 4.74 Å². The van der Waals surface area contributed by atoms with Crippen LogP contribution in [-0.4, -0.2) is 5.97 Å². The molecule has 0 aromatic heterocycles. The molecule has 2 aromatic carbocycles. The van der Waals surface area contributed by atoms with E-state index in [1.807, 2.05) is 48.5 Å². The van der Waals surface area contributed by atoms with Crippen molar-refractivity contribution in [2.45, 2.75) is 51.4 Å². The van der Waals surface area contributed by atoms with E-state index in [2.05, 4.69) is 6.58 Å². The van der Waals surface area contributed by atoms with Crippen molar-refractivity contribution in [3.8, 4) is 5.75 Å². The number of hydrogen-bond acceptors (Lipinski definition) is 2. The second-order valence-corrected chi connectivity index (χ2v) is 5.90. The third kappa shape index (κ3) is 5.90. The summed E-state index contributed by atoms with van der Waals surface area (Å²) in [5.74, 6) is 0.533. The van der Waals surface area contributed by atoms with Crippen molar-refractivity contribution < 1.29 is 9.53 Å². The molecule has 0 saturated heterocycles. The molecule has 122 valence electrons. The van der Waals surface area contributed by atoms with E-state index in [-0.39, 0.29) is 5.97 Å². The third-order valence-electron chi connectivity index (χ3n) is 4.01. The van der Waals surface area contributed by atoms with Crippen LogP contribution in [0.4, 0.5) is 0 Å². The fourth-order valence-corrected chi connectivity index (χ4v) is 2.72. The van der Waals surface area contributed by atoms with Crippen molar-refractivity contribution in [3.05, 3.63) is 55.1 Å². The van der Waals surface area contributed by atoms with E-state index < -0.39 is 0 Å². The molecule has 0 aliphatic heterocycles. The molecule has 0 radical (unpaired) electrons. The normalized spacial score (nSPS) is 10.6. The highest BCUT2D eigenvalue weighted by atomic mass is 16.5. The minimum atomic E-state index is -0.131. The molecular weight excluding hydrogens is 284 g/mol. The molecule has 0 saturated carbocycles. The summed E-state index contributed by atoms with van der Waals surface area (Å²) < 4.78 is 5.54. The number of benzene rings is 2. The lowest BCUT2D eigenvalue weighted by molar-refractivity contribution is -0.134. The minimum absolute atomic E-state index is 0.131. The average molecular weight is 310 g/mol. The number of hydrogen-bond donors (Lipinski definition) is 0. The molecule has 0 aliphatic rings. The number of esters is 1. The first-order valence-corrected chi connectivity index (χ1v) is 8.60. The predicted octanol–water partition coefficient (Wildman–Crippen LogP) is 6.05. The number of carbonyl (C=O) groups excluding carboxylic acids is 1. The molecule has 0 atom stereocenters. The summed E-state index contributed by atoms with van der Waals surface area (Å²) in [5, 5.41) is 2.09. The van der Waals surface area contributed by atoms with Gasteiger partial charge in [0.15, 0.2) is 0 Å². The number of rotatable bonds is 10. The van der Waals surface area contributed by atoms with E-state index >= 15 is 0 Å². The van der Waals surface area contributed by atoms with Gasteiger partial charge in [-0.2, -0.15) is 0 Å². The predicted molar refractivity (Wildman–Crippen MR) is 96.7 cm³/mol. The second-order valence-electron chi connectivity index (χ2n) is 5.90. The van der Waals surface area contributed by atoms with E-state index in [4.69, 9.17) is 4.74 Å². The Morgan fingerprint density at radius 3 is 2.43 bits per heavy atom. The topological polar surface area (TPSA) is 26.3 Å². The molecule has 2 rings (SSSR count). The lowest BCUT2D eigenvalue weighted by Crippen LogP contribution is -2.07. The highest BCUT2D eigenvalue weighted by molar-refractivity contribution is 5.90. The first-order valence-electron chi connectivity index (χ1n) is 8.60. The molecule has 0 bridgehead atoms. The van der Waals surface area contributed by atoms with Crippen LogP contribution in [0.25, 0.3) is 10.8 Å². The lowest BCUT2D eigenvalue weighted by atomic mass is 10.1. The van der Waals surface area contributed by atoms with Crippen LogP contribution in [0.5, 0.6) is 5.75 Å². The molecule has 0 aliphatic carbocycles. The van der Waals surface area contributed by atoms with Gasteiger partial charge in [0.2, 0.25) is 0 Å². The number of carbonyl (C=O) groups is 1. The third-order valence-corrected chi connectivity index (χ3v) is 4.01. The molecule has 2 nitrogen and oxygen atoms in total. The molecule has 0 amide bonds. The van der Waals surface area contributed by atoms with Crippen molar-refractivity contribution in [2.24, 2.45) is 0 Å². The zero-order chi connectivity index (χ0) is 16.3. The largest absolute Gasteiger partial charge is 0.426 e. The number of fused-ring (bicyclic) bond motifs is 1. The maximum Gasteiger partial charge on any atom is 0.311 e. The van der Waals surface area contributed by atoms with Gasteiger partial charge in [-0.1, -0.05) is 68.2 Å². The Kier molecular flexibility index (Phi) is 7.38. The quantitative estimate of drug-likeness (QED) is 0.231. The zero-order valence-electron chi connectivity index (χ0n) is 13.8. The molecule has 0 N–H and O–H groups in total. The Morgan fingerprint density at radius 1 is 0.913 bits per heavy atom. The van der Waals surface area contributed by atoms with Crippen molar-refractivity contribution in [1.82, 2.24) is 0 Å².